The molecule has 0 atom stereocenters. The summed E-state index contributed by atoms with van der Waals surface area (Å²) in [7, 11) is 1.18. The van der Waals surface area contributed by atoms with E-state index in [1.165, 1.54) is 25.3 Å². The molecule has 0 fully saturated rings. The highest BCUT2D eigenvalue weighted by Crippen LogP contribution is 2.26. The minimum atomic E-state index is -0.752. The van der Waals surface area contributed by atoms with E-state index >= 15 is 0 Å². The Morgan fingerprint density at radius 1 is 1.31 bits per heavy atom. The van der Waals surface area contributed by atoms with Crippen LogP contribution in [-0.4, -0.2) is 18.2 Å². The number of methoxy groups -OCH3 is 1. The fraction of sp³-hybridized carbons (Fsp3) is 0.0909. The molecule has 0 saturated carbocycles. The van der Waals surface area contributed by atoms with Crippen LogP contribution in [-0.2, 0) is 4.74 Å². The zero-order chi connectivity index (χ0) is 11.7. The lowest BCUT2D eigenvalue weighted by atomic mass is 10.1. The minimum Gasteiger partial charge on any atom is -0.507 e. The number of hydrogen-bond acceptors (Lipinski definition) is 5. The van der Waals surface area contributed by atoms with Crippen molar-refractivity contribution in [1.29, 1.82) is 0 Å². The van der Waals surface area contributed by atoms with E-state index in [9.17, 15) is 14.7 Å². The summed E-state index contributed by atoms with van der Waals surface area (Å²) in [6.07, 6.45) is 0. The Hall–Kier alpha value is -2.30. The third kappa shape index (κ3) is 1.52. The first kappa shape index (κ1) is 10.2. The Morgan fingerprint density at radius 3 is 2.69 bits per heavy atom. The molecule has 0 spiro atoms. The number of phenolic OH excluding ortho intramolecular Hbond substituents is 1. The molecule has 2 rings (SSSR count). The van der Waals surface area contributed by atoms with Crippen LogP contribution in [0.1, 0.15) is 10.4 Å². The van der Waals surface area contributed by atoms with Crippen molar-refractivity contribution in [1.82, 2.24) is 0 Å². The quantitative estimate of drug-likeness (QED) is 0.578. The Morgan fingerprint density at radius 2 is 2.00 bits per heavy atom. The van der Waals surface area contributed by atoms with Gasteiger partial charge in [-0.15, -0.1) is 0 Å². The van der Waals surface area contributed by atoms with Crippen molar-refractivity contribution in [2.45, 2.75) is 0 Å². The van der Waals surface area contributed by atoms with E-state index < -0.39 is 11.6 Å². The average molecular weight is 220 g/mol. The van der Waals surface area contributed by atoms with Crippen LogP contribution < -0.4 is 5.63 Å². The third-order valence-corrected chi connectivity index (χ3v) is 2.16. The van der Waals surface area contributed by atoms with E-state index in [1.54, 1.807) is 6.07 Å². The van der Waals surface area contributed by atoms with Crippen LogP contribution in [0.3, 0.4) is 0 Å². The van der Waals surface area contributed by atoms with E-state index in [2.05, 4.69) is 4.74 Å². The smallest absolute Gasteiger partial charge is 0.345 e. The Balaban J connectivity index is 2.87. The summed E-state index contributed by atoms with van der Waals surface area (Å²) in [6, 6.07) is 5.63. The number of ether oxygens (including phenoxy) is 1. The molecule has 5 heteroatoms. The number of phenols is 1. The first-order valence-electron chi connectivity index (χ1n) is 4.47. The first-order valence-corrected chi connectivity index (χ1v) is 4.47. The fourth-order valence-corrected chi connectivity index (χ4v) is 1.42. The summed E-state index contributed by atoms with van der Waals surface area (Å²) in [6.45, 7) is 0. The van der Waals surface area contributed by atoms with Crippen LogP contribution in [0.5, 0.6) is 5.75 Å². The lowest BCUT2D eigenvalue weighted by Crippen LogP contribution is -2.05. The second kappa shape index (κ2) is 3.69. The predicted molar refractivity (Wildman–Crippen MR) is 55.5 cm³/mol. The van der Waals surface area contributed by atoms with Crippen molar-refractivity contribution in [2.75, 3.05) is 7.11 Å². The molecule has 0 aliphatic heterocycles. The van der Waals surface area contributed by atoms with Crippen LogP contribution in [0.15, 0.2) is 33.5 Å². The van der Waals surface area contributed by atoms with Gasteiger partial charge in [0.15, 0.2) is 5.58 Å². The zero-order valence-corrected chi connectivity index (χ0v) is 8.39. The summed E-state index contributed by atoms with van der Waals surface area (Å²) in [5, 5.41) is 10.1. The second-order valence-corrected chi connectivity index (χ2v) is 3.12. The maximum absolute atomic E-state index is 11.4. The van der Waals surface area contributed by atoms with E-state index in [1.807, 2.05) is 0 Å². The number of hydrogen-bond donors (Lipinski definition) is 1. The number of benzene rings is 1. The van der Waals surface area contributed by atoms with Gasteiger partial charge in [0.25, 0.3) is 0 Å². The van der Waals surface area contributed by atoms with E-state index in [0.29, 0.717) is 5.39 Å². The molecule has 16 heavy (non-hydrogen) atoms. The van der Waals surface area contributed by atoms with Gasteiger partial charge < -0.3 is 14.3 Å². The molecule has 2 aromatic rings. The summed E-state index contributed by atoms with van der Waals surface area (Å²) >= 11 is 0. The standard InChI is InChI=1S/C11H8O5/c1-15-11(14)9-7(12)4-2-6-3-5-8(13)16-10(6)9/h2-5,12H,1H3. The normalized spacial score (nSPS) is 10.3. The van der Waals surface area contributed by atoms with E-state index in [0.717, 1.165) is 0 Å². The molecule has 0 unspecified atom stereocenters. The van der Waals surface area contributed by atoms with Crippen LogP contribution in [0.4, 0.5) is 0 Å². The number of carbonyl (C=O) groups excluding carboxylic acids is 1. The maximum atomic E-state index is 11.4. The van der Waals surface area contributed by atoms with E-state index in [-0.39, 0.29) is 16.9 Å². The molecular weight excluding hydrogens is 212 g/mol. The molecule has 5 nitrogen and oxygen atoms in total. The molecule has 1 heterocycles. The Bertz CT molecular complexity index is 611. The van der Waals surface area contributed by atoms with Crippen molar-refractivity contribution >= 4 is 16.9 Å². The molecule has 0 amide bonds. The number of aromatic hydroxyl groups is 1. The van der Waals surface area contributed by atoms with Gasteiger partial charge in [0.2, 0.25) is 0 Å². The molecule has 0 saturated heterocycles. The van der Waals surface area contributed by atoms with Gasteiger partial charge in [0.1, 0.15) is 11.3 Å². The lowest BCUT2D eigenvalue weighted by molar-refractivity contribution is 0.0598. The van der Waals surface area contributed by atoms with Crippen molar-refractivity contribution < 1.29 is 19.1 Å². The number of fused-ring (bicyclic) bond motifs is 1. The average Bonchev–Trinajstić information content (AvgIpc) is 2.28. The number of esters is 1. The van der Waals surface area contributed by atoms with Gasteiger partial charge in [-0.2, -0.15) is 0 Å². The summed E-state index contributed by atoms with van der Waals surface area (Å²) in [4.78, 5) is 22.5. The summed E-state index contributed by atoms with van der Waals surface area (Å²) in [5.74, 6) is -1.04. The topological polar surface area (TPSA) is 76.7 Å². The van der Waals surface area contributed by atoms with Crippen molar-refractivity contribution in [3.8, 4) is 5.75 Å². The van der Waals surface area contributed by atoms with Crippen molar-refractivity contribution in [2.24, 2.45) is 0 Å². The lowest BCUT2D eigenvalue weighted by Gasteiger charge is -2.04. The minimum absolute atomic E-state index is 0.0272. The molecule has 0 aliphatic rings. The number of carbonyl (C=O) groups is 1. The molecule has 1 N–H and O–H groups in total. The first-order chi connectivity index (χ1) is 7.63. The van der Waals surface area contributed by atoms with E-state index in [4.69, 9.17) is 4.42 Å². The Labute approximate surface area is 89.9 Å². The molecule has 0 aliphatic carbocycles. The molecule has 1 aromatic carbocycles. The monoisotopic (exact) mass is 220 g/mol. The van der Waals surface area contributed by atoms with Gasteiger partial charge in [0, 0.05) is 11.5 Å². The van der Waals surface area contributed by atoms with Crippen molar-refractivity contribution in [3.63, 3.8) is 0 Å². The summed E-state index contributed by atoms with van der Waals surface area (Å²) < 4.78 is 9.38. The number of rotatable bonds is 1. The van der Waals surface area contributed by atoms with Crippen LogP contribution in [0, 0.1) is 0 Å². The third-order valence-electron chi connectivity index (χ3n) is 2.16. The van der Waals surface area contributed by atoms with Crippen molar-refractivity contribution in [3.05, 3.63) is 40.2 Å². The largest absolute Gasteiger partial charge is 0.507 e. The fourth-order valence-electron chi connectivity index (χ4n) is 1.42. The molecular formula is C11H8O5. The van der Waals surface area contributed by atoms with Gasteiger partial charge in [-0.05, 0) is 18.2 Å². The van der Waals surface area contributed by atoms with Gasteiger partial charge >= 0.3 is 11.6 Å². The molecule has 0 radical (unpaired) electrons. The van der Waals surface area contributed by atoms with Gasteiger partial charge in [-0.25, -0.2) is 9.59 Å². The summed E-state index contributed by atoms with van der Waals surface area (Å²) in [5.41, 5.74) is -0.708. The van der Waals surface area contributed by atoms with Crippen LogP contribution in [0.2, 0.25) is 0 Å². The molecule has 82 valence electrons. The maximum Gasteiger partial charge on any atom is 0.345 e. The molecule has 1 aromatic heterocycles. The van der Waals surface area contributed by atoms with Gasteiger partial charge in [-0.3, -0.25) is 0 Å². The SMILES string of the molecule is COC(=O)c1c(O)ccc2ccc(=O)oc12. The zero-order valence-electron chi connectivity index (χ0n) is 8.39. The highest BCUT2D eigenvalue weighted by molar-refractivity contribution is 6.04. The molecule has 0 bridgehead atoms. The second-order valence-electron chi connectivity index (χ2n) is 3.12. The Kier molecular flexibility index (Phi) is 2.36. The highest BCUT2D eigenvalue weighted by Gasteiger charge is 2.17. The highest BCUT2D eigenvalue weighted by atomic mass is 16.5. The van der Waals surface area contributed by atoms with Crippen LogP contribution in [0.25, 0.3) is 11.0 Å². The van der Waals surface area contributed by atoms with Gasteiger partial charge in [-0.1, -0.05) is 0 Å². The predicted octanol–water partition coefficient (Wildman–Crippen LogP) is 1.29. The van der Waals surface area contributed by atoms with Gasteiger partial charge in [0.05, 0.1) is 7.11 Å². The van der Waals surface area contributed by atoms with Crippen LogP contribution >= 0.6 is 0 Å².